The van der Waals surface area contributed by atoms with Crippen molar-refractivity contribution in [1.82, 2.24) is 5.32 Å². The van der Waals surface area contributed by atoms with Gasteiger partial charge < -0.3 is 14.8 Å². The van der Waals surface area contributed by atoms with E-state index in [2.05, 4.69) is 5.32 Å². The molecule has 0 spiro atoms. The second kappa shape index (κ2) is 9.03. The normalized spacial score (nSPS) is 10.5. The molecule has 2 aromatic rings. The lowest BCUT2D eigenvalue weighted by Crippen LogP contribution is -2.23. The van der Waals surface area contributed by atoms with E-state index in [1.54, 1.807) is 37.4 Å². The van der Waals surface area contributed by atoms with Crippen LogP contribution in [0.1, 0.15) is 34.8 Å². The van der Waals surface area contributed by atoms with Crippen molar-refractivity contribution in [2.24, 2.45) is 0 Å². The Bertz CT molecular complexity index is 671. The second-order valence-electron chi connectivity index (χ2n) is 5.39. The Morgan fingerprint density at radius 3 is 2.58 bits per heavy atom. The summed E-state index contributed by atoms with van der Waals surface area (Å²) in [5.74, 6) is 0.205. The fourth-order valence-electron chi connectivity index (χ4n) is 2.25. The maximum Gasteiger partial charge on any atom is 0.251 e. The Morgan fingerprint density at radius 2 is 1.92 bits per heavy atom. The first kappa shape index (κ1) is 17.9. The molecule has 1 amide bonds. The van der Waals surface area contributed by atoms with Crippen LogP contribution in [-0.2, 0) is 17.9 Å². The molecular formula is C19H22FNO3. The highest BCUT2D eigenvalue weighted by Crippen LogP contribution is 2.21. The van der Waals surface area contributed by atoms with Crippen LogP contribution in [0, 0.1) is 5.82 Å². The lowest BCUT2D eigenvalue weighted by molar-refractivity contribution is 0.0950. The summed E-state index contributed by atoms with van der Waals surface area (Å²) in [6.07, 6.45) is 0.931. The summed E-state index contributed by atoms with van der Waals surface area (Å²) in [7, 11) is 1.59. The van der Waals surface area contributed by atoms with E-state index in [-0.39, 0.29) is 11.7 Å². The smallest absolute Gasteiger partial charge is 0.251 e. The van der Waals surface area contributed by atoms with Gasteiger partial charge in [0.05, 0.1) is 13.7 Å². The fraction of sp³-hybridized carbons (Fsp3) is 0.316. The van der Waals surface area contributed by atoms with Crippen LogP contribution in [0.25, 0.3) is 0 Å². The molecule has 0 unspecified atom stereocenters. The first-order valence-corrected chi connectivity index (χ1v) is 7.91. The van der Waals surface area contributed by atoms with Gasteiger partial charge in [-0.2, -0.15) is 0 Å². The van der Waals surface area contributed by atoms with Crippen molar-refractivity contribution in [3.8, 4) is 5.75 Å². The van der Waals surface area contributed by atoms with E-state index in [0.29, 0.717) is 31.1 Å². The van der Waals surface area contributed by atoms with Crippen molar-refractivity contribution in [3.63, 3.8) is 0 Å². The molecule has 0 aliphatic carbocycles. The first-order valence-electron chi connectivity index (χ1n) is 7.91. The highest BCUT2D eigenvalue weighted by Gasteiger charge is 2.10. The summed E-state index contributed by atoms with van der Waals surface area (Å²) < 4.78 is 23.7. The van der Waals surface area contributed by atoms with Gasteiger partial charge in [-0.25, -0.2) is 4.39 Å². The summed E-state index contributed by atoms with van der Waals surface area (Å²) in [6, 6.07) is 11.3. The SMILES string of the molecule is CCCOCc1cc(C(=O)NCc2ccc(F)cc2)ccc1OC. The van der Waals surface area contributed by atoms with Crippen molar-refractivity contribution in [1.29, 1.82) is 0 Å². The molecule has 24 heavy (non-hydrogen) atoms. The molecule has 0 radical (unpaired) electrons. The lowest BCUT2D eigenvalue weighted by atomic mass is 10.1. The highest BCUT2D eigenvalue weighted by molar-refractivity contribution is 5.94. The van der Waals surface area contributed by atoms with Crippen LogP contribution >= 0.6 is 0 Å². The number of nitrogens with one attached hydrogen (secondary N) is 1. The number of carbonyl (C=O) groups is 1. The molecule has 128 valence electrons. The number of methoxy groups -OCH3 is 1. The van der Waals surface area contributed by atoms with Gasteiger partial charge in [0.15, 0.2) is 0 Å². The molecule has 0 bridgehead atoms. The molecule has 0 saturated heterocycles. The van der Waals surface area contributed by atoms with Crippen LogP contribution in [0.3, 0.4) is 0 Å². The van der Waals surface area contributed by atoms with Crippen LogP contribution in [-0.4, -0.2) is 19.6 Å². The Balaban J connectivity index is 2.02. The topological polar surface area (TPSA) is 47.6 Å². The average Bonchev–Trinajstić information content (AvgIpc) is 2.61. The molecule has 0 aliphatic heterocycles. The van der Waals surface area contributed by atoms with Crippen molar-refractivity contribution in [2.75, 3.05) is 13.7 Å². The molecule has 0 aromatic heterocycles. The quantitative estimate of drug-likeness (QED) is 0.751. The molecule has 2 rings (SSSR count). The summed E-state index contributed by atoms with van der Waals surface area (Å²) >= 11 is 0. The van der Waals surface area contributed by atoms with Gasteiger partial charge in [0.1, 0.15) is 11.6 Å². The molecule has 0 heterocycles. The minimum absolute atomic E-state index is 0.196. The minimum Gasteiger partial charge on any atom is -0.496 e. The van der Waals surface area contributed by atoms with Gasteiger partial charge in [-0.1, -0.05) is 19.1 Å². The van der Waals surface area contributed by atoms with Gasteiger partial charge in [-0.05, 0) is 42.3 Å². The largest absolute Gasteiger partial charge is 0.496 e. The summed E-state index contributed by atoms with van der Waals surface area (Å²) in [4.78, 5) is 12.3. The summed E-state index contributed by atoms with van der Waals surface area (Å²) in [5, 5.41) is 2.82. The number of carbonyl (C=O) groups excluding carboxylic acids is 1. The van der Waals surface area contributed by atoms with E-state index in [9.17, 15) is 9.18 Å². The molecule has 0 atom stereocenters. The monoisotopic (exact) mass is 331 g/mol. The number of ether oxygens (including phenoxy) is 2. The zero-order valence-electron chi connectivity index (χ0n) is 14.0. The van der Waals surface area contributed by atoms with Crippen molar-refractivity contribution in [3.05, 3.63) is 65.0 Å². The molecule has 0 saturated carbocycles. The van der Waals surface area contributed by atoms with Crippen molar-refractivity contribution in [2.45, 2.75) is 26.5 Å². The lowest BCUT2D eigenvalue weighted by Gasteiger charge is -2.11. The van der Waals surface area contributed by atoms with E-state index in [1.165, 1.54) is 12.1 Å². The van der Waals surface area contributed by atoms with Crippen LogP contribution in [0.15, 0.2) is 42.5 Å². The Morgan fingerprint density at radius 1 is 1.17 bits per heavy atom. The Labute approximate surface area is 141 Å². The minimum atomic E-state index is -0.294. The number of hydrogen-bond acceptors (Lipinski definition) is 3. The zero-order chi connectivity index (χ0) is 17.4. The summed E-state index contributed by atoms with van der Waals surface area (Å²) in [6.45, 7) is 3.43. The number of halogens is 1. The van der Waals surface area contributed by atoms with Crippen molar-refractivity contribution >= 4 is 5.91 Å². The number of amides is 1. The standard InChI is InChI=1S/C19H22FNO3/c1-3-10-24-13-16-11-15(6-9-18(16)23-2)19(22)21-12-14-4-7-17(20)8-5-14/h4-9,11H,3,10,12-13H2,1-2H3,(H,21,22). The molecular weight excluding hydrogens is 309 g/mol. The third-order valence-corrected chi connectivity index (χ3v) is 3.51. The first-order chi connectivity index (χ1) is 11.6. The highest BCUT2D eigenvalue weighted by atomic mass is 19.1. The number of hydrogen-bond donors (Lipinski definition) is 1. The molecule has 4 nitrogen and oxygen atoms in total. The Kier molecular flexibility index (Phi) is 6.75. The fourth-order valence-corrected chi connectivity index (χ4v) is 2.25. The predicted molar refractivity (Wildman–Crippen MR) is 90.5 cm³/mol. The van der Waals surface area contributed by atoms with Gasteiger partial charge in [0.2, 0.25) is 0 Å². The molecule has 0 fully saturated rings. The maximum atomic E-state index is 12.9. The third-order valence-electron chi connectivity index (χ3n) is 3.51. The summed E-state index contributed by atoms with van der Waals surface area (Å²) in [5.41, 5.74) is 2.21. The van der Waals surface area contributed by atoms with E-state index < -0.39 is 0 Å². The van der Waals surface area contributed by atoms with E-state index in [4.69, 9.17) is 9.47 Å². The molecule has 0 aliphatic rings. The van der Waals surface area contributed by atoms with Gasteiger partial charge in [-0.15, -0.1) is 0 Å². The van der Waals surface area contributed by atoms with Crippen LogP contribution in [0.5, 0.6) is 5.75 Å². The van der Waals surface area contributed by atoms with Crippen LogP contribution in [0.2, 0.25) is 0 Å². The average molecular weight is 331 g/mol. The van der Waals surface area contributed by atoms with Gasteiger partial charge >= 0.3 is 0 Å². The molecule has 1 N–H and O–H groups in total. The predicted octanol–water partition coefficient (Wildman–Crippen LogP) is 3.69. The Hall–Kier alpha value is -2.40. The van der Waals surface area contributed by atoms with E-state index in [1.807, 2.05) is 6.92 Å². The van der Waals surface area contributed by atoms with Gasteiger partial charge in [0, 0.05) is 24.3 Å². The van der Waals surface area contributed by atoms with E-state index in [0.717, 1.165) is 17.5 Å². The molecule has 5 heteroatoms. The van der Waals surface area contributed by atoms with Crippen molar-refractivity contribution < 1.29 is 18.7 Å². The zero-order valence-corrected chi connectivity index (χ0v) is 14.0. The van der Waals surface area contributed by atoms with Crippen LogP contribution in [0.4, 0.5) is 4.39 Å². The number of benzene rings is 2. The third kappa shape index (κ3) is 5.06. The second-order valence-corrected chi connectivity index (χ2v) is 5.39. The van der Waals surface area contributed by atoms with E-state index >= 15 is 0 Å². The van der Waals surface area contributed by atoms with Crippen LogP contribution < -0.4 is 10.1 Å². The molecule has 2 aromatic carbocycles. The van der Waals surface area contributed by atoms with Gasteiger partial charge in [-0.3, -0.25) is 4.79 Å². The van der Waals surface area contributed by atoms with Gasteiger partial charge in [0.25, 0.3) is 5.91 Å². The number of rotatable bonds is 8. The maximum absolute atomic E-state index is 12.9.